The minimum Gasteiger partial charge on any atom is -0.284 e. The van der Waals surface area contributed by atoms with Crippen LogP contribution in [-0.2, 0) is 4.79 Å². The lowest BCUT2D eigenvalue weighted by atomic mass is 9.89. The van der Waals surface area contributed by atoms with E-state index in [4.69, 9.17) is 0 Å². The van der Waals surface area contributed by atoms with Crippen LogP contribution in [0.25, 0.3) is 0 Å². The summed E-state index contributed by atoms with van der Waals surface area (Å²) in [6.45, 7) is 0. The molecule has 0 aromatic heterocycles. The number of alkyl halides is 15. The Morgan fingerprint density at radius 3 is 1.00 bits per heavy atom. The summed E-state index contributed by atoms with van der Waals surface area (Å²) in [7, 11) is 0. The summed E-state index contributed by atoms with van der Waals surface area (Å²) in [6, 6.07) is 0. The van der Waals surface area contributed by atoms with E-state index >= 15 is 0 Å². The van der Waals surface area contributed by atoms with Crippen molar-refractivity contribution in [2.24, 2.45) is 0 Å². The number of hydrogen-bond donors (Lipinski definition) is 0. The third-order valence-corrected chi connectivity index (χ3v) is 2.98. The maximum atomic E-state index is 13.1. The van der Waals surface area contributed by atoms with E-state index in [0.29, 0.717) is 0 Å². The molecule has 0 bridgehead atoms. The molecule has 0 amide bonds. The van der Waals surface area contributed by atoms with Gasteiger partial charge in [-0.05, 0) is 0 Å². The minimum absolute atomic E-state index is 4.21. The Hall–Kier alpha value is -1.85. The smallest absolute Gasteiger partial charge is 0.284 e. The van der Waals surface area contributed by atoms with Crippen LogP contribution in [0, 0.1) is 0 Å². The van der Waals surface area contributed by atoms with E-state index in [1.165, 1.54) is 0 Å². The van der Waals surface area contributed by atoms with Crippen LogP contribution in [0.15, 0.2) is 11.9 Å². The Morgan fingerprint density at radius 1 is 0.448 bits per heavy atom. The highest BCUT2D eigenvalue weighted by atomic mass is 19.4. The lowest BCUT2D eigenvalue weighted by Gasteiger charge is -2.41. The van der Waals surface area contributed by atoms with Crippen LogP contribution in [0.4, 0.5) is 79.0 Å². The lowest BCUT2D eigenvalue weighted by molar-refractivity contribution is -0.449. The Kier molecular flexibility index (Phi) is 6.41. The average molecular weight is 478 g/mol. The largest absolute Gasteiger partial charge is 0.460 e. The third-order valence-electron chi connectivity index (χ3n) is 2.98. The molecule has 0 aliphatic carbocycles. The van der Waals surface area contributed by atoms with Crippen molar-refractivity contribution in [1.82, 2.24) is 0 Å². The Balaban J connectivity index is 6.73. The monoisotopic (exact) mass is 478 g/mol. The Labute approximate surface area is 144 Å². The van der Waals surface area contributed by atoms with E-state index in [0.717, 1.165) is 0 Å². The van der Waals surface area contributed by atoms with E-state index in [1.807, 2.05) is 0 Å². The van der Waals surface area contributed by atoms with Gasteiger partial charge in [0.2, 0.25) is 5.83 Å². The molecule has 172 valence electrons. The first-order valence-electron chi connectivity index (χ1n) is 5.86. The second kappa shape index (κ2) is 6.85. The molecule has 1 nitrogen and oxygen atoms in total. The molecule has 0 N–H and O–H groups in total. The van der Waals surface area contributed by atoms with Crippen molar-refractivity contribution in [1.29, 1.82) is 0 Å². The van der Waals surface area contributed by atoms with Gasteiger partial charge in [-0.2, -0.15) is 79.0 Å². The van der Waals surface area contributed by atoms with Gasteiger partial charge in [-0.25, -0.2) is 0 Å². The molecule has 0 saturated carbocycles. The highest BCUT2D eigenvalue weighted by Crippen LogP contribution is 2.62. The first-order chi connectivity index (χ1) is 12.3. The topological polar surface area (TPSA) is 17.1 Å². The fourth-order valence-electron chi connectivity index (χ4n) is 1.33. The lowest BCUT2D eigenvalue weighted by Crippen LogP contribution is -2.73. The summed E-state index contributed by atoms with van der Waals surface area (Å²) in [5, 5.41) is 0. The quantitative estimate of drug-likeness (QED) is 0.324. The molecule has 0 heterocycles. The van der Waals surface area contributed by atoms with Gasteiger partial charge in [0.15, 0.2) is 0 Å². The zero-order valence-corrected chi connectivity index (χ0v) is 12.2. The zero-order chi connectivity index (χ0) is 24.2. The van der Waals surface area contributed by atoms with Crippen molar-refractivity contribution < 1.29 is 83.8 Å². The van der Waals surface area contributed by atoms with Gasteiger partial charge in [0, 0.05) is 0 Å². The van der Waals surface area contributed by atoms with Gasteiger partial charge >= 0.3 is 47.8 Å². The number of carbonyl (C=O) groups is 1. The molecule has 0 aliphatic heterocycles. The minimum atomic E-state index is -8.71. The SMILES string of the molecule is O=C(C(F)=C(F)F)C(F)(F)C(F)(F)C(F)(F)C(F)(F)C(F)(F)C(F)(F)C(F)(F)F. The molecule has 0 rings (SSSR count). The van der Waals surface area contributed by atoms with Crippen molar-refractivity contribution in [2.45, 2.75) is 41.7 Å². The third kappa shape index (κ3) is 3.49. The summed E-state index contributed by atoms with van der Waals surface area (Å²) in [4.78, 5) is 10.4. The van der Waals surface area contributed by atoms with E-state index in [-0.39, 0.29) is 0 Å². The van der Waals surface area contributed by atoms with Gasteiger partial charge in [-0.15, -0.1) is 0 Å². The van der Waals surface area contributed by atoms with Crippen LogP contribution in [0.1, 0.15) is 0 Å². The molecule has 0 spiro atoms. The zero-order valence-electron chi connectivity index (χ0n) is 12.2. The normalized spacial score (nSPS) is 15.4. The van der Waals surface area contributed by atoms with E-state index in [9.17, 15) is 83.8 Å². The Bertz CT molecular complexity index is 677. The summed E-state index contributed by atoms with van der Waals surface area (Å²) in [5.74, 6) is -59.3. The molecule has 0 fully saturated rings. The standard InChI is InChI=1S/C10F18O/c11-1(3(12)13)2(29)4(14,15)5(16,17)6(18,19)7(20,21)8(22,23)9(24,25)10(26,27)28. The van der Waals surface area contributed by atoms with Crippen LogP contribution in [0.2, 0.25) is 0 Å². The molecule has 0 saturated heterocycles. The van der Waals surface area contributed by atoms with Gasteiger partial charge < -0.3 is 0 Å². The van der Waals surface area contributed by atoms with Crippen molar-refractivity contribution >= 4 is 5.78 Å². The van der Waals surface area contributed by atoms with Crippen LogP contribution < -0.4 is 0 Å². The van der Waals surface area contributed by atoms with Gasteiger partial charge in [-0.3, -0.25) is 4.79 Å². The summed E-state index contributed by atoms with van der Waals surface area (Å²) < 4.78 is 226. The summed E-state index contributed by atoms with van der Waals surface area (Å²) in [5.41, 5.74) is 0. The number of ketones is 1. The molecule has 0 aliphatic rings. The molecule has 19 heteroatoms. The first kappa shape index (κ1) is 27.1. The van der Waals surface area contributed by atoms with E-state index in [2.05, 4.69) is 0 Å². The highest BCUT2D eigenvalue weighted by Gasteiger charge is 2.94. The van der Waals surface area contributed by atoms with Crippen molar-refractivity contribution in [3.63, 3.8) is 0 Å². The van der Waals surface area contributed by atoms with Crippen LogP contribution >= 0.6 is 0 Å². The first-order valence-corrected chi connectivity index (χ1v) is 5.86. The fourth-order valence-corrected chi connectivity index (χ4v) is 1.33. The number of allylic oxidation sites excluding steroid dienone is 1. The van der Waals surface area contributed by atoms with Crippen molar-refractivity contribution in [3.05, 3.63) is 11.9 Å². The van der Waals surface area contributed by atoms with E-state index in [1.54, 1.807) is 0 Å². The molecule has 0 aromatic carbocycles. The van der Waals surface area contributed by atoms with Crippen molar-refractivity contribution in [2.75, 3.05) is 0 Å². The van der Waals surface area contributed by atoms with Gasteiger partial charge in [0.25, 0.3) is 5.78 Å². The van der Waals surface area contributed by atoms with E-state index < -0.39 is 59.4 Å². The van der Waals surface area contributed by atoms with Gasteiger partial charge in [-0.1, -0.05) is 0 Å². The maximum Gasteiger partial charge on any atom is 0.460 e. The second-order valence-electron chi connectivity index (χ2n) is 4.85. The summed E-state index contributed by atoms with van der Waals surface area (Å²) in [6.07, 6.45) is -12.0. The predicted molar refractivity (Wildman–Crippen MR) is 51.1 cm³/mol. The maximum absolute atomic E-state index is 13.1. The molecule has 0 aromatic rings. The fraction of sp³-hybridized carbons (Fsp3) is 0.700. The number of rotatable bonds is 7. The highest BCUT2D eigenvalue weighted by molar-refractivity contribution is 5.99. The molecule has 0 radical (unpaired) electrons. The van der Waals surface area contributed by atoms with Crippen molar-refractivity contribution in [3.8, 4) is 0 Å². The van der Waals surface area contributed by atoms with Crippen LogP contribution in [0.3, 0.4) is 0 Å². The molecular weight excluding hydrogens is 478 g/mol. The number of halogens is 18. The molecule has 0 unspecified atom stereocenters. The predicted octanol–water partition coefficient (Wildman–Crippen LogP) is 6.01. The van der Waals surface area contributed by atoms with Gasteiger partial charge in [0.1, 0.15) is 0 Å². The summed E-state index contributed by atoms with van der Waals surface area (Å²) >= 11 is 0. The van der Waals surface area contributed by atoms with Crippen LogP contribution in [-0.4, -0.2) is 47.5 Å². The number of hydrogen-bond acceptors (Lipinski definition) is 1. The number of carbonyl (C=O) groups excluding carboxylic acids is 1. The van der Waals surface area contributed by atoms with Gasteiger partial charge in [0.05, 0.1) is 0 Å². The molecule has 29 heavy (non-hydrogen) atoms. The average Bonchev–Trinajstić information content (AvgIpc) is 2.50. The molecular formula is C10F18O. The van der Waals surface area contributed by atoms with Crippen LogP contribution in [0.5, 0.6) is 0 Å². The Morgan fingerprint density at radius 2 is 0.724 bits per heavy atom. The molecule has 0 atom stereocenters. The second-order valence-corrected chi connectivity index (χ2v) is 4.85. The number of Topliss-reactive ketones (excluding diaryl/α,β-unsaturated/α-hetero) is 1.